The maximum atomic E-state index is 3.61. The van der Waals surface area contributed by atoms with Gasteiger partial charge in [-0.25, -0.2) is 0 Å². The highest BCUT2D eigenvalue weighted by Crippen LogP contribution is 2.27. The van der Waals surface area contributed by atoms with Crippen LogP contribution in [0.4, 0.5) is 0 Å². The molecule has 1 fully saturated rings. The molecule has 0 radical (unpaired) electrons. The first-order valence-corrected chi connectivity index (χ1v) is 4.98. The van der Waals surface area contributed by atoms with Crippen LogP contribution in [0.5, 0.6) is 0 Å². The summed E-state index contributed by atoms with van der Waals surface area (Å²) < 4.78 is 0. The van der Waals surface area contributed by atoms with E-state index < -0.39 is 0 Å². The Bertz CT molecular complexity index is 109. The summed E-state index contributed by atoms with van der Waals surface area (Å²) in [6.45, 7) is 6.78. The standard InChI is InChI=1S/C10H21N/c1-4-9-5-6-10(7-9)11-8(2)3/h8-11H,4-7H2,1-3H3/t9-,10?/m0/s1. The van der Waals surface area contributed by atoms with Gasteiger partial charge in [0.1, 0.15) is 0 Å². The van der Waals surface area contributed by atoms with Gasteiger partial charge in [0.25, 0.3) is 0 Å². The maximum absolute atomic E-state index is 3.61. The highest BCUT2D eigenvalue weighted by atomic mass is 14.9. The van der Waals surface area contributed by atoms with Crippen molar-refractivity contribution >= 4 is 0 Å². The van der Waals surface area contributed by atoms with Crippen molar-refractivity contribution < 1.29 is 0 Å². The topological polar surface area (TPSA) is 12.0 Å². The SMILES string of the molecule is CC[C@H]1CCC(NC(C)C)C1. The fourth-order valence-electron chi connectivity index (χ4n) is 2.07. The number of hydrogen-bond acceptors (Lipinski definition) is 1. The predicted molar refractivity (Wildman–Crippen MR) is 49.7 cm³/mol. The van der Waals surface area contributed by atoms with Crippen molar-refractivity contribution in [2.75, 3.05) is 0 Å². The molecule has 1 aliphatic rings. The number of hydrogen-bond donors (Lipinski definition) is 1. The van der Waals surface area contributed by atoms with Crippen molar-refractivity contribution in [3.63, 3.8) is 0 Å². The summed E-state index contributed by atoms with van der Waals surface area (Å²) in [4.78, 5) is 0. The van der Waals surface area contributed by atoms with Gasteiger partial charge in [-0.1, -0.05) is 27.2 Å². The summed E-state index contributed by atoms with van der Waals surface area (Å²) in [5, 5.41) is 3.61. The fraction of sp³-hybridized carbons (Fsp3) is 1.00. The molecule has 0 saturated heterocycles. The number of nitrogens with one attached hydrogen (secondary N) is 1. The zero-order valence-corrected chi connectivity index (χ0v) is 8.06. The lowest BCUT2D eigenvalue weighted by atomic mass is 10.1. The van der Waals surface area contributed by atoms with E-state index in [-0.39, 0.29) is 0 Å². The van der Waals surface area contributed by atoms with Crippen LogP contribution in [0.25, 0.3) is 0 Å². The zero-order chi connectivity index (χ0) is 8.27. The normalized spacial score (nSPS) is 31.6. The summed E-state index contributed by atoms with van der Waals surface area (Å²) in [6.07, 6.45) is 5.63. The summed E-state index contributed by atoms with van der Waals surface area (Å²) in [6, 6.07) is 1.48. The second kappa shape index (κ2) is 4.10. The molecule has 11 heavy (non-hydrogen) atoms. The van der Waals surface area contributed by atoms with Crippen molar-refractivity contribution in [2.45, 2.75) is 58.5 Å². The molecular weight excluding hydrogens is 134 g/mol. The van der Waals surface area contributed by atoms with Crippen LogP contribution in [-0.2, 0) is 0 Å². The molecule has 1 saturated carbocycles. The first kappa shape index (κ1) is 9.05. The summed E-state index contributed by atoms with van der Waals surface area (Å²) >= 11 is 0. The molecule has 0 heterocycles. The monoisotopic (exact) mass is 155 g/mol. The van der Waals surface area contributed by atoms with Gasteiger partial charge in [0.2, 0.25) is 0 Å². The van der Waals surface area contributed by atoms with E-state index in [0.29, 0.717) is 6.04 Å². The third-order valence-corrected chi connectivity index (χ3v) is 2.69. The van der Waals surface area contributed by atoms with Crippen molar-refractivity contribution in [1.29, 1.82) is 0 Å². The Morgan fingerprint density at radius 2 is 2.09 bits per heavy atom. The molecule has 66 valence electrons. The van der Waals surface area contributed by atoms with E-state index in [1.54, 1.807) is 0 Å². The maximum Gasteiger partial charge on any atom is 0.00721 e. The molecular formula is C10H21N. The molecule has 1 unspecified atom stereocenters. The van der Waals surface area contributed by atoms with Gasteiger partial charge in [0, 0.05) is 12.1 Å². The molecule has 0 aliphatic heterocycles. The molecule has 1 heteroatoms. The second-order valence-corrected chi connectivity index (χ2v) is 4.11. The highest BCUT2D eigenvalue weighted by molar-refractivity contribution is 4.80. The quantitative estimate of drug-likeness (QED) is 0.660. The molecule has 0 spiro atoms. The first-order chi connectivity index (χ1) is 5.22. The van der Waals surface area contributed by atoms with Crippen LogP contribution in [0.3, 0.4) is 0 Å². The average molecular weight is 155 g/mol. The van der Waals surface area contributed by atoms with Gasteiger partial charge in [-0.2, -0.15) is 0 Å². The molecule has 0 amide bonds. The minimum Gasteiger partial charge on any atom is -0.312 e. The van der Waals surface area contributed by atoms with Crippen LogP contribution in [-0.4, -0.2) is 12.1 Å². The van der Waals surface area contributed by atoms with Gasteiger partial charge in [0.15, 0.2) is 0 Å². The van der Waals surface area contributed by atoms with Crippen molar-refractivity contribution in [3.8, 4) is 0 Å². The zero-order valence-electron chi connectivity index (χ0n) is 8.06. The third-order valence-electron chi connectivity index (χ3n) is 2.69. The molecule has 1 rings (SSSR count). The van der Waals surface area contributed by atoms with E-state index in [9.17, 15) is 0 Å². The van der Waals surface area contributed by atoms with Gasteiger partial charge in [-0.15, -0.1) is 0 Å². The Labute approximate surface area is 70.6 Å². The highest BCUT2D eigenvalue weighted by Gasteiger charge is 2.22. The van der Waals surface area contributed by atoms with Crippen LogP contribution in [0.1, 0.15) is 46.5 Å². The Morgan fingerprint density at radius 1 is 1.36 bits per heavy atom. The second-order valence-electron chi connectivity index (χ2n) is 4.11. The van der Waals surface area contributed by atoms with Crippen molar-refractivity contribution in [3.05, 3.63) is 0 Å². The van der Waals surface area contributed by atoms with Crippen molar-refractivity contribution in [2.24, 2.45) is 5.92 Å². The van der Waals surface area contributed by atoms with Gasteiger partial charge in [0.05, 0.1) is 0 Å². The fourth-order valence-corrected chi connectivity index (χ4v) is 2.07. The van der Waals surface area contributed by atoms with Crippen LogP contribution in [0.15, 0.2) is 0 Å². The lowest BCUT2D eigenvalue weighted by molar-refractivity contribution is 0.445. The van der Waals surface area contributed by atoms with Gasteiger partial charge in [-0.05, 0) is 25.2 Å². The Hall–Kier alpha value is -0.0400. The lowest BCUT2D eigenvalue weighted by Crippen LogP contribution is -2.32. The van der Waals surface area contributed by atoms with Gasteiger partial charge >= 0.3 is 0 Å². The van der Waals surface area contributed by atoms with E-state index in [2.05, 4.69) is 26.1 Å². The predicted octanol–water partition coefficient (Wildman–Crippen LogP) is 2.56. The van der Waals surface area contributed by atoms with E-state index >= 15 is 0 Å². The molecule has 1 nitrogen and oxygen atoms in total. The van der Waals surface area contributed by atoms with Crippen LogP contribution < -0.4 is 5.32 Å². The van der Waals surface area contributed by atoms with E-state index in [1.807, 2.05) is 0 Å². The minimum atomic E-state index is 0.663. The number of rotatable bonds is 3. The van der Waals surface area contributed by atoms with Crippen molar-refractivity contribution in [1.82, 2.24) is 5.32 Å². The van der Waals surface area contributed by atoms with E-state index in [1.165, 1.54) is 25.7 Å². The molecule has 2 atom stereocenters. The third kappa shape index (κ3) is 2.82. The molecule has 0 aromatic heterocycles. The minimum absolute atomic E-state index is 0.663. The lowest BCUT2D eigenvalue weighted by Gasteiger charge is -2.15. The van der Waals surface area contributed by atoms with Crippen LogP contribution in [0, 0.1) is 5.92 Å². The van der Waals surface area contributed by atoms with E-state index in [0.717, 1.165) is 12.0 Å². The molecule has 0 bridgehead atoms. The molecule has 0 aromatic rings. The van der Waals surface area contributed by atoms with E-state index in [4.69, 9.17) is 0 Å². The summed E-state index contributed by atoms with van der Waals surface area (Å²) in [5.74, 6) is 1.01. The van der Waals surface area contributed by atoms with Gasteiger partial charge in [-0.3, -0.25) is 0 Å². The summed E-state index contributed by atoms with van der Waals surface area (Å²) in [7, 11) is 0. The molecule has 1 aliphatic carbocycles. The average Bonchev–Trinajstić information content (AvgIpc) is 2.34. The Balaban J connectivity index is 2.19. The molecule has 0 aromatic carbocycles. The summed E-state index contributed by atoms with van der Waals surface area (Å²) in [5.41, 5.74) is 0. The first-order valence-electron chi connectivity index (χ1n) is 4.98. The molecule has 1 N–H and O–H groups in total. The van der Waals surface area contributed by atoms with Gasteiger partial charge < -0.3 is 5.32 Å². The van der Waals surface area contributed by atoms with Crippen LogP contribution in [0.2, 0.25) is 0 Å². The Morgan fingerprint density at radius 3 is 2.55 bits per heavy atom. The smallest absolute Gasteiger partial charge is 0.00721 e. The largest absolute Gasteiger partial charge is 0.312 e. The van der Waals surface area contributed by atoms with Crippen LogP contribution >= 0.6 is 0 Å². The Kier molecular flexibility index (Phi) is 3.38.